The number of rotatable bonds is 6. The van der Waals surface area contributed by atoms with Crippen LogP contribution in [0.1, 0.15) is 18.1 Å². The molecule has 1 saturated carbocycles. The summed E-state index contributed by atoms with van der Waals surface area (Å²) in [6, 6.07) is 16.6. The first-order valence-corrected chi connectivity index (χ1v) is 12.9. The fraction of sp³-hybridized carbons (Fsp3) is 0.391. The second kappa shape index (κ2) is 6.83. The maximum atomic E-state index is 11.6. The summed E-state index contributed by atoms with van der Waals surface area (Å²) in [5.41, 5.74) is 3.55. The van der Waals surface area contributed by atoms with Gasteiger partial charge in [0, 0.05) is 35.4 Å². The van der Waals surface area contributed by atoms with Crippen LogP contribution >= 0.6 is 11.3 Å². The van der Waals surface area contributed by atoms with Crippen LogP contribution in [0.5, 0.6) is 0 Å². The third kappa shape index (κ3) is 3.47. The Hall–Kier alpha value is -1.89. The third-order valence-electron chi connectivity index (χ3n) is 6.87. The van der Waals surface area contributed by atoms with Crippen molar-refractivity contribution >= 4 is 37.1 Å². The molecule has 2 atom stereocenters. The van der Waals surface area contributed by atoms with Gasteiger partial charge < -0.3 is 4.90 Å². The number of hydrogen-bond donors (Lipinski definition) is 1. The van der Waals surface area contributed by atoms with Gasteiger partial charge in [-0.25, -0.2) is 8.42 Å². The molecule has 5 rings (SSSR count). The van der Waals surface area contributed by atoms with Gasteiger partial charge in [-0.1, -0.05) is 37.3 Å². The van der Waals surface area contributed by atoms with Gasteiger partial charge in [0.05, 0.1) is 6.26 Å². The van der Waals surface area contributed by atoms with Crippen molar-refractivity contribution in [3.8, 4) is 0 Å². The fourth-order valence-corrected chi connectivity index (χ4v) is 6.76. The molecule has 0 bridgehead atoms. The molecule has 1 aromatic heterocycles. The molecule has 1 aliphatic carbocycles. The number of hydrogen-bond acceptors (Lipinski definition) is 4. The van der Waals surface area contributed by atoms with Crippen molar-refractivity contribution in [2.45, 2.75) is 18.8 Å². The zero-order valence-electron chi connectivity index (χ0n) is 16.8. The predicted octanol–water partition coefficient (Wildman–Crippen LogP) is 4.33. The number of anilines is 1. The van der Waals surface area contributed by atoms with Crippen LogP contribution in [-0.4, -0.2) is 39.2 Å². The van der Waals surface area contributed by atoms with Crippen LogP contribution in [0.25, 0.3) is 10.1 Å². The first kappa shape index (κ1) is 19.1. The summed E-state index contributed by atoms with van der Waals surface area (Å²) in [6.07, 6.45) is 2.30. The first-order valence-electron chi connectivity index (χ1n) is 10.1. The van der Waals surface area contributed by atoms with Crippen LogP contribution in [0.3, 0.4) is 0 Å². The van der Waals surface area contributed by atoms with Gasteiger partial charge in [0.2, 0.25) is 10.0 Å². The van der Waals surface area contributed by atoms with Gasteiger partial charge >= 0.3 is 0 Å². The van der Waals surface area contributed by atoms with Crippen LogP contribution in [0, 0.1) is 11.8 Å². The molecule has 2 fully saturated rings. The lowest BCUT2D eigenvalue weighted by atomic mass is 9.92. The lowest BCUT2D eigenvalue weighted by Crippen LogP contribution is -2.30. The van der Waals surface area contributed by atoms with Crippen LogP contribution < -0.4 is 4.72 Å². The van der Waals surface area contributed by atoms with Crippen molar-refractivity contribution in [1.82, 2.24) is 4.90 Å². The number of sulfonamides is 1. The molecule has 0 radical (unpaired) electrons. The van der Waals surface area contributed by atoms with E-state index >= 15 is 0 Å². The first-order chi connectivity index (χ1) is 13.8. The molecule has 0 spiro atoms. The Morgan fingerprint density at radius 3 is 2.66 bits per heavy atom. The SMILES string of the molecule is CC1(c2cccc(NS(C)(=O)=O)c2)C2CN(CCc3csc4ccccc34)CC21. The highest BCUT2D eigenvalue weighted by Gasteiger charge is 2.65. The average molecular weight is 427 g/mol. The van der Waals surface area contributed by atoms with Crippen LogP contribution in [0.2, 0.25) is 0 Å². The van der Waals surface area contributed by atoms with Crippen molar-refractivity contribution in [2.75, 3.05) is 30.6 Å². The second-order valence-corrected chi connectivity index (χ2v) is 11.4. The van der Waals surface area contributed by atoms with Crippen LogP contribution in [0.4, 0.5) is 5.69 Å². The van der Waals surface area contributed by atoms with E-state index in [0.29, 0.717) is 17.5 Å². The van der Waals surface area contributed by atoms with Gasteiger partial charge in [0.15, 0.2) is 0 Å². The van der Waals surface area contributed by atoms with E-state index in [9.17, 15) is 8.42 Å². The minimum atomic E-state index is -3.25. The maximum Gasteiger partial charge on any atom is 0.229 e. The van der Waals surface area contributed by atoms with E-state index in [1.807, 2.05) is 29.5 Å². The van der Waals surface area contributed by atoms with E-state index in [4.69, 9.17) is 0 Å². The highest BCUT2D eigenvalue weighted by Crippen LogP contribution is 2.63. The van der Waals surface area contributed by atoms with E-state index in [0.717, 1.165) is 26.1 Å². The van der Waals surface area contributed by atoms with E-state index in [-0.39, 0.29) is 5.41 Å². The molecule has 1 N–H and O–H groups in total. The standard InChI is InChI=1S/C23H26N2O2S2/c1-23(17-6-5-7-18(12-17)24-29(2,26)27)20-13-25(14-21(20)23)11-10-16-15-28-22-9-4-3-8-19(16)22/h3-9,12,15,20-21,24H,10-11,13-14H2,1-2H3. The number of benzene rings is 2. The monoisotopic (exact) mass is 426 g/mol. The molecule has 2 unspecified atom stereocenters. The Morgan fingerprint density at radius 2 is 1.90 bits per heavy atom. The van der Waals surface area contributed by atoms with Crippen molar-refractivity contribution in [2.24, 2.45) is 11.8 Å². The summed E-state index contributed by atoms with van der Waals surface area (Å²) in [4.78, 5) is 2.60. The Bertz CT molecular complexity index is 1160. The highest BCUT2D eigenvalue weighted by atomic mass is 32.2. The van der Waals surface area contributed by atoms with Crippen molar-refractivity contribution in [1.29, 1.82) is 0 Å². The Morgan fingerprint density at radius 1 is 1.14 bits per heavy atom. The lowest BCUT2D eigenvalue weighted by Gasteiger charge is -2.24. The Balaban J connectivity index is 1.23. The topological polar surface area (TPSA) is 49.4 Å². The van der Waals surface area contributed by atoms with Crippen molar-refractivity contribution in [3.63, 3.8) is 0 Å². The maximum absolute atomic E-state index is 11.6. The van der Waals surface area contributed by atoms with Crippen molar-refractivity contribution in [3.05, 3.63) is 65.0 Å². The molecular formula is C23H26N2O2S2. The van der Waals surface area contributed by atoms with Crippen LogP contribution in [-0.2, 0) is 21.9 Å². The zero-order valence-corrected chi connectivity index (χ0v) is 18.4. The molecule has 152 valence electrons. The van der Waals surface area contributed by atoms with E-state index in [2.05, 4.69) is 52.3 Å². The van der Waals surface area contributed by atoms with E-state index < -0.39 is 10.0 Å². The smallest absolute Gasteiger partial charge is 0.229 e. The minimum Gasteiger partial charge on any atom is -0.302 e. The second-order valence-electron chi connectivity index (χ2n) is 8.72. The number of fused-ring (bicyclic) bond motifs is 2. The van der Waals surface area contributed by atoms with E-state index in [1.165, 1.54) is 27.5 Å². The molecule has 2 aromatic carbocycles. The Kier molecular flexibility index (Phi) is 4.49. The third-order valence-corrected chi connectivity index (χ3v) is 8.49. The summed E-state index contributed by atoms with van der Waals surface area (Å²) in [7, 11) is -3.25. The van der Waals surface area contributed by atoms with Gasteiger partial charge in [0.1, 0.15) is 0 Å². The van der Waals surface area contributed by atoms with Gasteiger partial charge in [-0.2, -0.15) is 0 Å². The number of nitrogens with zero attached hydrogens (tertiary/aromatic N) is 1. The van der Waals surface area contributed by atoms with Gasteiger partial charge in [0.25, 0.3) is 0 Å². The summed E-state index contributed by atoms with van der Waals surface area (Å²) in [5.74, 6) is 1.32. The summed E-state index contributed by atoms with van der Waals surface area (Å²) >= 11 is 1.84. The highest BCUT2D eigenvalue weighted by molar-refractivity contribution is 7.92. The molecule has 4 nitrogen and oxygen atoms in total. The Labute approximate surface area is 176 Å². The summed E-state index contributed by atoms with van der Waals surface area (Å²) < 4.78 is 27.1. The number of piperidine rings is 1. The predicted molar refractivity (Wildman–Crippen MR) is 121 cm³/mol. The fourth-order valence-electron chi connectivity index (χ4n) is 5.21. The average Bonchev–Trinajstić information content (AvgIpc) is 3.06. The normalized spacial score (nSPS) is 26.6. The molecule has 3 aromatic rings. The molecule has 0 amide bonds. The number of nitrogens with one attached hydrogen (secondary N) is 1. The van der Waals surface area contributed by atoms with E-state index in [1.54, 1.807) is 0 Å². The van der Waals surface area contributed by atoms with Gasteiger partial charge in [-0.15, -0.1) is 11.3 Å². The lowest BCUT2D eigenvalue weighted by molar-refractivity contribution is 0.281. The van der Waals surface area contributed by atoms with Gasteiger partial charge in [-0.05, 0) is 58.3 Å². The molecule has 1 aliphatic heterocycles. The molecular weight excluding hydrogens is 400 g/mol. The molecule has 2 heterocycles. The number of thiophene rings is 1. The molecule has 29 heavy (non-hydrogen) atoms. The van der Waals surface area contributed by atoms with Crippen LogP contribution in [0.15, 0.2) is 53.9 Å². The zero-order chi connectivity index (χ0) is 20.2. The largest absolute Gasteiger partial charge is 0.302 e. The molecule has 2 aliphatic rings. The number of likely N-dealkylation sites (tertiary alicyclic amines) is 1. The molecule has 1 saturated heterocycles. The van der Waals surface area contributed by atoms with Crippen molar-refractivity contribution < 1.29 is 8.42 Å². The summed E-state index contributed by atoms with van der Waals surface area (Å²) in [6.45, 7) is 5.71. The minimum absolute atomic E-state index is 0.167. The molecule has 6 heteroatoms. The summed E-state index contributed by atoms with van der Waals surface area (Å²) in [5, 5.41) is 3.72. The quantitative estimate of drug-likeness (QED) is 0.638. The van der Waals surface area contributed by atoms with Gasteiger partial charge in [-0.3, -0.25) is 4.72 Å².